The maximum Gasteiger partial charge on any atom is 0.320 e. The van der Waals surface area contributed by atoms with Crippen molar-refractivity contribution in [1.29, 1.82) is 0 Å². The van der Waals surface area contributed by atoms with Gasteiger partial charge < -0.3 is 15.8 Å². The van der Waals surface area contributed by atoms with Gasteiger partial charge in [-0.15, -0.1) is 0 Å². The van der Waals surface area contributed by atoms with Crippen LogP contribution in [-0.4, -0.2) is 27.9 Å². The van der Waals surface area contributed by atoms with E-state index in [4.69, 9.17) is 10.8 Å². The van der Waals surface area contributed by atoms with Crippen molar-refractivity contribution < 1.29 is 14.7 Å². The molecule has 0 aliphatic rings. The van der Waals surface area contributed by atoms with E-state index < -0.39 is 12.0 Å². The molecule has 0 amide bonds. The van der Waals surface area contributed by atoms with Crippen LogP contribution in [0.1, 0.15) is 22.8 Å². The van der Waals surface area contributed by atoms with Crippen LogP contribution < -0.4 is 5.73 Å². The minimum atomic E-state index is -1.04. The number of nitrogens with one attached hydrogen (secondary N) is 1. The van der Waals surface area contributed by atoms with Crippen LogP contribution in [0.5, 0.6) is 0 Å². The lowest BCUT2D eigenvalue weighted by atomic mass is 10.0. The highest BCUT2D eigenvalue weighted by Gasteiger charge is 2.15. The second kappa shape index (κ2) is 4.62. The molecule has 94 valence electrons. The lowest BCUT2D eigenvalue weighted by Crippen LogP contribution is -2.32. The summed E-state index contributed by atoms with van der Waals surface area (Å²) in [4.78, 5) is 25.1. The number of carbonyl (C=O) groups excluding carboxylic acids is 1. The number of hydrogen-bond acceptors (Lipinski definition) is 3. The van der Waals surface area contributed by atoms with Crippen molar-refractivity contribution in [2.45, 2.75) is 19.4 Å². The van der Waals surface area contributed by atoms with Crippen molar-refractivity contribution in [2.24, 2.45) is 5.73 Å². The molecule has 1 aromatic heterocycles. The molecule has 5 nitrogen and oxygen atoms in total. The van der Waals surface area contributed by atoms with E-state index in [1.165, 1.54) is 6.92 Å². The topological polar surface area (TPSA) is 96.2 Å². The Morgan fingerprint density at radius 1 is 1.44 bits per heavy atom. The molecule has 0 aliphatic heterocycles. The van der Waals surface area contributed by atoms with Gasteiger partial charge in [0.1, 0.15) is 6.04 Å². The molecule has 0 fully saturated rings. The quantitative estimate of drug-likeness (QED) is 0.709. The molecule has 0 spiro atoms. The van der Waals surface area contributed by atoms with Crippen LogP contribution in [0.4, 0.5) is 0 Å². The van der Waals surface area contributed by atoms with E-state index in [0.717, 1.165) is 16.5 Å². The molecule has 2 rings (SSSR count). The number of Topliss-reactive ketones (excluding diaryl/α,β-unsaturated/α-hetero) is 1. The maximum atomic E-state index is 11.3. The minimum Gasteiger partial charge on any atom is -0.480 e. The number of nitrogens with two attached hydrogens (primary N) is 1. The molecular formula is C13H14N2O3. The second-order valence-electron chi connectivity index (χ2n) is 4.28. The number of carboxylic acids is 1. The van der Waals surface area contributed by atoms with Crippen LogP contribution in [0.15, 0.2) is 24.4 Å². The van der Waals surface area contributed by atoms with Gasteiger partial charge in [-0.25, -0.2) is 0 Å². The molecule has 1 aromatic carbocycles. The molecule has 0 aliphatic carbocycles. The van der Waals surface area contributed by atoms with Crippen molar-refractivity contribution in [3.05, 3.63) is 35.5 Å². The number of aromatic amines is 1. The molecule has 5 heteroatoms. The zero-order chi connectivity index (χ0) is 13.3. The standard InChI is InChI=1S/C13H14N2O3/c1-7(16)8-2-3-12-10(4-8)9(6-15-12)5-11(14)13(17)18/h2-4,6,11,15H,5,14H2,1H3,(H,17,18). The smallest absolute Gasteiger partial charge is 0.320 e. The Morgan fingerprint density at radius 2 is 2.17 bits per heavy atom. The molecule has 1 atom stereocenters. The first-order valence-corrected chi connectivity index (χ1v) is 5.58. The minimum absolute atomic E-state index is 0.0217. The van der Waals surface area contributed by atoms with Gasteiger partial charge in [-0.05, 0) is 30.7 Å². The summed E-state index contributed by atoms with van der Waals surface area (Å²) in [5.74, 6) is -1.06. The zero-order valence-corrected chi connectivity index (χ0v) is 9.93. The fourth-order valence-electron chi connectivity index (χ4n) is 1.89. The average molecular weight is 246 g/mol. The van der Waals surface area contributed by atoms with E-state index in [1.807, 2.05) is 6.07 Å². The third-order valence-electron chi connectivity index (χ3n) is 2.93. The lowest BCUT2D eigenvalue weighted by molar-refractivity contribution is -0.138. The van der Waals surface area contributed by atoms with E-state index in [1.54, 1.807) is 18.3 Å². The number of rotatable bonds is 4. The number of carboxylic acid groups (broad SMARTS) is 1. The fraction of sp³-hybridized carbons (Fsp3) is 0.231. The molecule has 0 saturated heterocycles. The monoisotopic (exact) mass is 246 g/mol. The molecule has 2 aromatic rings. The van der Waals surface area contributed by atoms with Gasteiger partial charge in [0.25, 0.3) is 0 Å². The molecule has 0 saturated carbocycles. The van der Waals surface area contributed by atoms with Crippen LogP contribution in [0.3, 0.4) is 0 Å². The summed E-state index contributed by atoms with van der Waals surface area (Å²) in [5.41, 5.74) is 7.80. The predicted octanol–water partition coefficient (Wildman–Crippen LogP) is 1.32. The van der Waals surface area contributed by atoms with Gasteiger partial charge in [-0.3, -0.25) is 9.59 Å². The van der Waals surface area contributed by atoms with Crippen LogP contribution in [0.25, 0.3) is 10.9 Å². The van der Waals surface area contributed by atoms with E-state index in [2.05, 4.69) is 4.98 Å². The second-order valence-corrected chi connectivity index (χ2v) is 4.28. The van der Waals surface area contributed by atoms with Gasteiger partial charge >= 0.3 is 5.97 Å². The van der Waals surface area contributed by atoms with Crippen molar-refractivity contribution >= 4 is 22.7 Å². The van der Waals surface area contributed by atoms with Gasteiger partial charge in [0.15, 0.2) is 5.78 Å². The summed E-state index contributed by atoms with van der Waals surface area (Å²) in [6.07, 6.45) is 1.97. The average Bonchev–Trinajstić information content (AvgIpc) is 2.71. The molecule has 0 radical (unpaired) electrons. The van der Waals surface area contributed by atoms with Crippen molar-refractivity contribution in [2.75, 3.05) is 0 Å². The Bertz CT molecular complexity index is 616. The number of ketones is 1. The van der Waals surface area contributed by atoms with Gasteiger partial charge in [0, 0.05) is 29.1 Å². The predicted molar refractivity (Wildman–Crippen MR) is 67.6 cm³/mol. The molecule has 0 bridgehead atoms. The lowest BCUT2D eigenvalue weighted by Gasteiger charge is -2.05. The summed E-state index contributed by atoms with van der Waals surface area (Å²) in [6, 6.07) is 4.37. The molecular weight excluding hydrogens is 232 g/mol. The van der Waals surface area contributed by atoms with Crippen LogP contribution in [-0.2, 0) is 11.2 Å². The Balaban J connectivity index is 2.42. The largest absolute Gasteiger partial charge is 0.480 e. The molecule has 1 unspecified atom stereocenters. The third-order valence-corrected chi connectivity index (χ3v) is 2.93. The van der Waals surface area contributed by atoms with E-state index >= 15 is 0 Å². The van der Waals surface area contributed by atoms with E-state index in [9.17, 15) is 9.59 Å². The van der Waals surface area contributed by atoms with Gasteiger partial charge in [0.2, 0.25) is 0 Å². The van der Waals surface area contributed by atoms with Gasteiger partial charge in [-0.1, -0.05) is 0 Å². The van der Waals surface area contributed by atoms with Crippen molar-refractivity contribution in [3.8, 4) is 0 Å². The first kappa shape index (κ1) is 12.3. The highest BCUT2D eigenvalue weighted by atomic mass is 16.4. The highest BCUT2D eigenvalue weighted by molar-refractivity contribution is 5.98. The molecule has 18 heavy (non-hydrogen) atoms. The van der Waals surface area contributed by atoms with E-state index in [-0.39, 0.29) is 12.2 Å². The number of benzene rings is 1. The number of fused-ring (bicyclic) bond motifs is 1. The Morgan fingerprint density at radius 3 is 2.78 bits per heavy atom. The number of aromatic nitrogens is 1. The summed E-state index contributed by atoms with van der Waals surface area (Å²) >= 11 is 0. The highest BCUT2D eigenvalue weighted by Crippen LogP contribution is 2.21. The first-order chi connectivity index (χ1) is 8.49. The summed E-state index contributed by atoms with van der Waals surface area (Å²) in [5, 5.41) is 9.65. The fourth-order valence-corrected chi connectivity index (χ4v) is 1.89. The van der Waals surface area contributed by atoms with Gasteiger partial charge in [0.05, 0.1) is 0 Å². The number of carbonyl (C=O) groups is 2. The van der Waals surface area contributed by atoms with Crippen LogP contribution in [0.2, 0.25) is 0 Å². The first-order valence-electron chi connectivity index (χ1n) is 5.58. The van der Waals surface area contributed by atoms with Crippen LogP contribution in [0, 0.1) is 0 Å². The molecule has 1 heterocycles. The zero-order valence-electron chi connectivity index (χ0n) is 9.93. The Kier molecular flexibility index (Phi) is 3.16. The number of aliphatic carboxylic acids is 1. The van der Waals surface area contributed by atoms with Crippen LogP contribution >= 0.6 is 0 Å². The summed E-state index contributed by atoms with van der Waals surface area (Å²) in [6.45, 7) is 1.50. The summed E-state index contributed by atoms with van der Waals surface area (Å²) in [7, 11) is 0. The SMILES string of the molecule is CC(=O)c1ccc2[nH]cc(CC(N)C(=O)O)c2c1. The third kappa shape index (κ3) is 2.26. The number of hydrogen-bond donors (Lipinski definition) is 3. The number of H-pyrrole nitrogens is 1. The van der Waals surface area contributed by atoms with Crippen molar-refractivity contribution in [1.82, 2.24) is 4.98 Å². The van der Waals surface area contributed by atoms with Gasteiger partial charge in [-0.2, -0.15) is 0 Å². The maximum absolute atomic E-state index is 11.3. The molecule has 4 N–H and O–H groups in total. The Labute approximate surface area is 104 Å². The normalized spacial score (nSPS) is 12.6. The van der Waals surface area contributed by atoms with E-state index in [0.29, 0.717) is 5.56 Å². The van der Waals surface area contributed by atoms with Crippen molar-refractivity contribution in [3.63, 3.8) is 0 Å². The Hall–Kier alpha value is -2.14. The summed E-state index contributed by atoms with van der Waals surface area (Å²) < 4.78 is 0.